The zero-order valence-electron chi connectivity index (χ0n) is 22.4. The van der Waals surface area contributed by atoms with Crippen molar-refractivity contribution in [2.45, 2.75) is 51.2 Å². The minimum atomic E-state index is -2.58. The number of ketones is 2. The molecule has 1 fully saturated rings. The van der Waals surface area contributed by atoms with Crippen LogP contribution in [0.25, 0.3) is 16.9 Å². The first-order valence-electron chi connectivity index (χ1n) is 13.0. The number of aliphatic imine (C=N–C) groups is 1. The van der Waals surface area contributed by atoms with Crippen molar-refractivity contribution in [3.8, 4) is 16.9 Å². The van der Waals surface area contributed by atoms with E-state index >= 15 is 0 Å². The number of nitrogens with zero attached hydrogens (tertiary/aromatic N) is 1. The number of aliphatic hydroxyl groups is 3. The van der Waals surface area contributed by atoms with E-state index in [1.807, 2.05) is 45.0 Å². The third-order valence-corrected chi connectivity index (χ3v) is 7.83. The van der Waals surface area contributed by atoms with E-state index in [1.54, 1.807) is 12.4 Å². The van der Waals surface area contributed by atoms with Crippen molar-refractivity contribution in [3.05, 3.63) is 64.4 Å². The maximum atomic E-state index is 13.6. The Hall–Kier alpha value is -4.44. The Kier molecular flexibility index (Phi) is 6.34. The summed E-state index contributed by atoms with van der Waals surface area (Å²) in [5.41, 5.74) is 4.49. The lowest BCUT2D eigenvalue weighted by Crippen LogP contribution is -2.58. The quantitative estimate of drug-likeness (QED) is 0.192. The van der Waals surface area contributed by atoms with Crippen molar-refractivity contribution in [1.82, 2.24) is 0 Å². The predicted molar refractivity (Wildman–Crippen MR) is 149 cm³/mol. The average molecular weight is 546 g/mol. The molecule has 1 saturated carbocycles. The molecule has 2 aromatic carbocycles. The Morgan fingerprint density at radius 3 is 2.38 bits per heavy atom. The number of anilines is 1. The summed E-state index contributed by atoms with van der Waals surface area (Å²) >= 11 is 0. The Morgan fingerprint density at radius 1 is 1.07 bits per heavy atom. The molecule has 0 saturated heterocycles. The van der Waals surface area contributed by atoms with Crippen LogP contribution in [0, 0.1) is 11.8 Å². The van der Waals surface area contributed by atoms with Crippen LogP contribution in [0.15, 0.2) is 58.3 Å². The Labute approximate surface area is 230 Å². The van der Waals surface area contributed by atoms with Gasteiger partial charge < -0.3 is 31.5 Å². The molecule has 3 unspecified atom stereocenters. The fourth-order valence-electron chi connectivity index (χ4n) is 5.94. The van der Waals surface area contributed by atoms with Crippen LogP contribution < -0.4 is 11.1 Å². The molecule has 10 heteroatoms. The molecule has 0 heterocycles. The van der Waals surface area contributed by atoms with Gasteiger partial charge in [-0.1, -0.05) is 18.2 Å². The molecule has 10 nitrogen and oxygen atoms in total. The number of nitrogens with one attached hydrogen (secondary N) is 1. The topological polar surface area (TPSA) is 183 Å². The molecule has 208 valence electrons. The summed E-state index contributed by atoms with van der Waals surface area (Å²) in [5, 5.41) is 47.2. The summed E-state index contributed by atoms with van der Waals surface area (Å²) in [7, 11) is 0. The lowest BCUT2D eigenvalue weighted by molar-refractivity contribution is -0.147. The summed E-state index contributed by atoms with van der Waals surface area (Å²) in [6.45, 7) is 5.96. The van der Waals surface area contributed by atoms with Crippen molar-refractivity contribution in [1.29, 1.82) is 0 Å². The highest BCUT2D eigenvalue weighted by Crippen LogP contribution is 2.53. The number of benzene rings is 2. The number of carbonyl (C=O) groups excluding carboxylic acids is 3. The second-order valence-corrected chi connectivity index (χ2v) is 11.5. The second-order valence-electron chi connectivity index (χ2n) is 11.5. The van der Waals surface area contributed by atoms with Gasteiger partial charge in [0.05, 0.1) is 17.4 Å². The molecule has 0 spiro atoms. The number of rotatable bonds is 4. The summed E-state index contributed by atoms with van der Waals surface area (Å²) in [5.74, 6) is -6.48. The molecule has 2 aromatic rings. The van der Waals surface area contributed by atoms with Gasteiger partial charge >= 0.3 is 0 Å². The number of hydrogen-bond acceptors (Lipinski definition) is 8. The third-order valence-electron chi connectivity index (χ3n) is 7.83. The van der Waals surface area contributed by atoms with Gasteiger partial charge in [0.15, 0.2) is 11.4 Å². The maximum Gasteiger partial charge on any atom is 0.255 e. The van der Waals surface area contributed by atoms with E-state index in [-0.39, 0.29) is 41.7 Å². The largest absolute Gasteiger partial charge is 0.508 e. The van der Waals surface area contributed by atoms with Gasteiger partial charge in [0.25, 0.3) is 5.91 Å². The highest BCUT2D eigenvalue weighted by atomic mass is 16.3. The number of aliphatic hydroxyl groups excluding tert-OH is 2. The monoisotopic (exact) mass is 545 g/mol. The lowest BCUT2D eigenvalue weighted by Gasteiger charge is -2.46. The first-order chi connectivity index (χ1) is 18.7. The first kappa shape index (κ1) is 27.1. The van der Waals surface area contributed by atoms with E-state index in [4.69, 9.17) is 5.73 Å². The van der Waals surface area contributed by atoms with Crippen molar-refractivity contribution in [2.24, 2.45) is 22.6 Å². The van der Waals surface area contributed by atoms with Crippen molar-refractivity contribution in [3.63, 3.8) is 0 Å². The van der Waals surface area contributed by atoms with Crippen molar-refractivity contribution < 1.29 is 34.8 Å². The molecule has 0 aliphatic heterocycles. The van der Waals surface area contributed by atoms with E-state index in [0.717, 1.165) is 16.8 Å². The summed E-state index contributed by atoms with van der Waals surface area (Å²) in [4.78, 5) is 42.4. The maximum absolute atomic E-state index is 13.6. The standard InChI is InChI=1S/C30H31N3O7/c1-29(2,3)33-13-32-17-6-4-14(5-7-17)18-8-9-20(34)23-19(18)11-15-10-16-12-21(35)24(28(31)39)27(38)30(16,40)26(37)22(15)25(23)36/h4-9,13,15-16,34,36,38,40H,10-12H2,1-3H3,(H2,31,39)(H,32,33). The number of phenols is 1. The normalized spacial score (nSPS) is 24.6. The molecule has 0 radical (unpaired) electrons. The molecule has 1 amide bonds. The molecule has 0 bridgehead atoms. The second kappa shape index (κ2) is 9.34. The molecule has 3 atom stereocenters. The number of aromatic hydroxyl groups is 1. The number of nitrogens with two attached hydrogens (primary N) is 1. The Bertz CT molecular complexity index is 1550. The van der Waals surface area contributed by atoms with Crippen LogP contribution in [0.5, 0.6) is 5.75 Å². The highest BCUT2D eigenvalue weighted by Gasteiger charge is 2.60. The van der Waals surface area contributed by atoms with Gasteiger partial charge in [-0.3, -0.25) is 19.4 Å². The lowest BCUT2D eigenvalue weighted by atomic mass is 9.59. The Morgan fingerprint density at radius 2 is 1.75 bits per heavy atom. The van der Waals surface area contributed by atoms with E-state index in [9.17, 15) is 34.8 Å². The summed E-state index contributed by atoms with van der Waals surface area (Å²) in [6, 6.07) is 10.7. The molecule has 7 N–H and O–H groups in total. The molecule has 5 rings (SSSR count). The number of carbonyl (C=O) groups is 3. The summed E-state index contributed by atoms with van der Waals surface area (Å²) < 4.78 is 0. The number of phenolic OH excluding ortho intramolecular Hbond substituents is 1. The van der Waals surface area contributed by atoms with Crippen LogP contribution in [0.1, 0.15) is 44.7 Å². The summed E-state index contributed by atoms with van der Waals surface area (Å²) in [6.07, 6.45) is 1.59. The number of amides is 1. The van der Waals surface area contributed by atoms with Gasteiger partial charge in [-0.15, -0.1) is 0 Å². The highest BCUT2D eigenvalue weighted by molar-refractivity contribution is 6.22. The smallest absolute Gasteiger partial charge is 0.255 e. The fraction of sp³-hybridized carbons (Fsp3) is 0.333. The van der Waals surface area contributed by atoms with Gasteiger partial charge in [-0.25, -0.2) is 0 Å². The van der Waals surface area contributed by atoms with Gasteiger partial charge in [0.1, 0.15) is 22.8 Å². The van der Waals surface area contributed by atoms with Crippen molar-refractivity contribution in [2.75, 3.05) is 5.32 Å². The van der Waals surface area contributed by atoms with Gasteiger partial charge in [0, 0.05) is 23.6 Å². The minimum absolute atomic E-state index is 0.0594. The molecular formula is C30H31N3O7. The van der Waals surface area contributed by atoms with Crippen LogP contribution in [-0.2, 0) is 20.8 Å². The van der Waals surface area contributed by atoms with Gasteiger partial charge in [-0.05, 0) is 74.4 Å². The Balaban J connectivity index is 1.56. The van der Waals surface area contributed by atoms with Crippen LogP contribution in [0.3, 0.4) is 0 Å². The number of Topliss-reactive ketones (excluding diaryl/α,β-unsaturated/α-hetero) is 2. The van der Waals surface area contributed by atoms with Gasteiger partial charge in [0.2, 0.25) is 5.78 Å². The average Bonchev–Trinajstić information content (AvgIpc) is 2.86. The fourth-order valence-corrected chi connectivity index (χ4v) is 5.94. The zero-order chi connectivity index (χ0) is 29.1. The molecule has 3 aliphatic carbocycles. The van der Waals surface area contributed by atoms with Crippen LogP contribution >= 0.6 is 0 Å². The van der Waals surface area contributed by atoms with Gasteiger partial charge in [-0.2, -0.15) is 0 Å². The minimum Gasteiger partial charge on any atom is -0.508 e. The number of primary amides is 1. The molecular weight excluding hydrogens is 514 g/mol. The van der Waals surface area contributed by atoms with Crippen molar-refractivity contribution >= 4 is 35.3 Å². The first-order valence-corrected chi connectivity index (χ1v) is 13.0. The number of hydrogen-bond donors (Lipinski definition) is 6. The SMILES string of the molecule is CC(C)(C)N=CNc1ccc(-c2ccc(O)c3c2CC2CC4CC(=O)C(C(N)=O)=C(O)C4(O)C(=O)C2=C3O)cc1. The molecule has 0 aromatic heterocycles. The zero-order valence-corrected chi connectivity index (χ0v) is 22.4. The van der Waals surface area contributed by atoms with Crippen LogP contribution in [0.4, 0.5) is 5.69 Å². The van der Waals surface area contributed by atoms with Crippen LogP contribution in [-0.4, -0.2) is 55.4 Å². The third kappa shape index (κ3) is 4.24. The van der Waals surface area contributed by atoms with E-state index in [2.05, 4.69) is 10.3 Å². The number of fused-ring (bicyclic) bond motifs is 3. The molecule has 3 aliphatic rings. The molecule has 40 heavy (non-hydrogen) atoms. The van der Waals surface area contributed by atoms with E-state index < -0.39 is 52.0 Å². The predicted octanol–water partition coefficient (Wildman–Crippen LogP) is 3.33. The van der Waals surface area contributed by atoms with E-state index in [1.165, 1.54) is 6.07 Å². The van der Waals surface area contributed by atoms with E-state index in [0.29, 0.717) is 5.56 Å². The van der Waals surface area contributed by atoms with Crippen LogP contribution in [0.2, 0.25) is 0 Å².